The van der Waals surface area contributed by atoms with Crippen LogP contribution in [-0.4, -0.2) is 39.5 Å². The Hall–Kier alpha value is -2.43. The van der Waals surface area contributed by atoms with E-state index >= 15 is 0 Å². The molecule has 0 bridgehead atoms. The van der Waals surface area contributed by atoms with Gasteiger partial charge in [0.15, 0.2) is 11.0 Å². The number of ether oxygens (including phenoxy) is 1. The number of hydrogen-bond acceptors (Lipinski definition) is 8. The van der Waals surface area contributed by atoms with E-state index in [9.17, 15) is 9.59 Å². The van der Waals surface area contributed by atoms with Gasteiger partial charge in [-0.1, -0.05) is 24.8 Å². The average Bonchev–Trinajstić information content (AvgIpc) is 3.56. The first-order valence-corrected chi connectivity index (χ1v) is 13.4. The third-order valence-corrected chi connectivity index (χ3v) is 8.75. The van der Waals surface area contributed by atoms with Crippen molar-refractivity contribution in [2.75, 3.05) is 18.2 Å². The van der Waals surface area contributed by atoms with Crippen molar-refractivity contribution in [2.45, 2.75) is 51.2 Å². The summed E-state index contributed by atoms with van der Waals surface area (Å²) in [5.74, 6) is 0.356. The van der Waals surface area contributed by atoms with E-state index in [0.29, 0.717) is 22.3 Å². The maximum absolute atomic E-state index is 12.8. The number of anilines is 1. The zero-order valence-corrected chi connectivity index (χ0v) is 21.3. The van der Waals surface area contributed by atoms with Gasteiger partial charge in [-0.3, -0.25) is 9.36 Å². The van der Waals surface area contributed by atoms with E-state index in [1.165, 1.54) is 40.6 Å². The predicted molar refractivity (Wildman–Crippen MR) is 135 cm³/mol. The molecule has 0 aromatic carbocycles. The van der Waals surface area contributed by atoms with E-state index in [2.05, 4.69) is 41.3 Å². The first kappa shape index (κ1) is 23.7. The molecule has 0 atom stereocenters. The van der Waals surface area contributed by atoms with E-state index < -0.39 is 5.97 Å². The highest BCUT2D eigenvalue weighted by molar-refractivity contribution is 7.99. The lowest BCUT2D eigenvalue weighted by Gasteiger charge is -2.09. The smallest absolute Gasteiger partial charge is 0.341 e. The van der Waals surface area contributed by atoms with Crippen LogP contribution in [0.4, 0.5) is 5.00 Å². The lowest BCUT2D eigenvalue weighted by Crippen LogP contribution is -2.16. The molecule has 1 N–H and O–H groups in total. The van der Waals surface area contributed by atoms with Gasteiger partial charge in [0.2, 0.25) is 5.91 Å². The molecule has 0 saturated heterocycles. The van der Waals surface area contributed by atoms with Crippen molar-refractivity contribution in [2.24, 2.45) is 0 Å². The fourth-order valence-corrected chi connectivity index (χ4v) is 7.08. The molecule has 4 rings (SSSR count). The quantitative estimate of drug-likeness (QED) is 0.248. The number of carbonyl (C=O) groups excluding carboxylic acids is 2. The molecule has 3 aromatic rings. The van der Waals surface area contributed by atoms with Gasteiger partial charge >= 0.3 is 5.97 Å². The van der Waals surface area contributed by atoms with E-state index in [1.54, 1.807) is 17.4 Å². The Balaban J connectivity index is 1.51. The maximum atomic E-state index is 12.8. The van der Waals surface area contributed by atoms with Crippen LogP contribution >= 0.6 is 34.4 Å². The number of nitrogens with zero attached hydrogens (tertiary/aromatic N) is 3. The molecule has 33 heavy (non-hydrogen) atoms. The normalized spacial score (nSPS) is 12.6. The number of thiophene rings is 2. The van der Waals surface area contributed by atoms with E-state index in [1.807, 2.05) is 4.57 Å². The molecule has 174 valence electrons. The molecule has 0 fully saturated rings. The van der Waals surface area contributed by atoms with Crippen molar-refractivity contribution in [1.29, 1.82) is 0 Å². The number of allylic oxidation sites excluding steroid dienone is 1. The summed E-state index contributed by atoms with van der Waals surface area (Å²) in [6.45, 7) is 8.66. The number of aromatic nitrogens is 3. The largest absolute Gasteiger partial charge is 0.465 e. The van der Waals surface area contributed by atoms with Crippen molar-refractivity contribution >= 4 is 51.3 Å². The Labute approximate surface area is 205 Å². The van der Waals surface area contributed by atoms with E-state index in [0.717, 1.165) is 47.5 Å². The lowest BCUT2D eigenvalue weighted by molar-refractivity contribution is -0.113. The third kappa shape index (κ3) is 4.64. The van der Waals surface area contributed by atoms with Gasteiger partial charge in [0.1, 0.15) is 5.00 Å². The van der Waals surface area contributed by atoms with Crippen LogP contribution in [0.3, 0.4) is 0 Å². The highest BCUT2D eigenvalue weighted by Gasteiger charge is 2.28. The van der Waals surface area contributed by atoms with Crippen LogP contribution in [0.1, 0.15) is 44.6 Å². The summed E-state index contributed by atoms with van der Waals surface area (Å²) >= 11 is 4.50. The Bertz CT molecular complexity index is 1210. The summed E-state index contributed by atoms with van der Waals surface area (Å²) in [4.78, 5) is 27.5. The molecule has 1 aliphatic rings. The monoisotopic (exact) mass is 502 g/mol. The van der Waals surface area contributed by atoms with E-state index in [-0.39, 0.29) is 11.7 Å². The van der Waals surface area contributed by atoms with Crippen LogP contribution in [0.2, 0.25) is 0 Å². The minimum Gasteiger partial charge on any atom is -0.465 e. The van der Waals surface area contributed by atoms with Gasteiger partial charge in [-0.15, -0.1) is 39.4 Å². The van der Waals surface area contributed by atoms with Gasteiger partial charge in [0.05, 0.1) is 18.4 Å². The molecule has 7 nitrogen and oxygen atoms in total. The summed E-state index contributed by atoms with van der Waals surface area (Å²) in [6, 6.07) is 0. The Kier molecular flexibility index (Phi) is 7.35. The zero-order valence-electron chi connectivity index (χ0n) is 18.9. The SMILES string of the molecule is C=CCn1c(SCC(=O)Nc2sc3c(c2C(=O)OC)CCC3)nnc1-c1csc(C)c1CC. The number of aryl methyl sites for hydroxylation is 2. The van der Waals surface area contributed by atoms with Crippen LogP contribution in [0, 0.1) is 6.92 Å². The molecule has 0 spiro atoms. The Morgan fingerprint density at radius 2 is 2.18 bits per heavy atom. The highest BCUT2D eigenvalue weighted by atomic mass is 32.2. The predicted octanol–water partition coefficient (Wildman–Crippen LogP) is 5.13. The number of nitrogens with one attached hydrogen (secondary N) is 1. The van der Waals surface area contributed by atoms with Crippen LogP contribution < -0.4 is 5.32 Å². The minimum atomic E-state index is -0.398. The molecule has 0 saturated carbocycles. The topological polar surface area (TPSA) is 86.1 Å². The molecule has 3 heterocycles. The summed E-state index contributed by atoms with van der Waals surface area (Å²) in [5, 5.41) is 15.1. The number of esters is 1. The Morgan fingerprint density at radius 1 is 1.36 bits per heavy atom. The average molecular weight is 503 g/mol. The second-order valence-electron chi connectivity index (χ2n) is 7.63. The second-order valence-corrected chi connectivity index (χ2v) is 10.8. The van der Waals surface area contributed by atoms with Crippen molar-refractivity contribution < 1.29 is 14.3 Å². The first-order chi connectivity index (χ1) is 16.0. The summed E-state index contributed by atoms with van der Waals surface area (Å²) in [7, 11) is 1.37. The molecule has 0 radical (unpaired) electrons. The number of methoxy groups -OCH3 is 1. The van der Waals surface area contributed by atoms with Crippen molar-refractivity contribution in [3.05, 3.63) is 44.5 Å². The van der Waals surface area contributed by atoms with Gasteiger partial charge in [-0.05, 0) is 43.7 Å². The minimum absolute atomic E-state index is 0.155. The van der Waals surface area contributed by atoms with Gasteiger partial charge in [0, 0.05) is 27.2 Å². The molecular formula is C23H26N4O3S3. The van der Waals surface area contributed by atoms with Crippen LogP contribution in [0.15, 0.2) is 23.2 Å². The molecule has 1 amide bonds. The van der Waals surface area contributed by atoms with Crippen LogP contribution in [0.25, 0.3) is 11.4 Å². The number of rotatable bonds is 9. The fraction of sp³-hybridized carbons (Fsp3) is 0.391. The maximum Gasteiger partial charge on any atom is 0.341 e. The molecule has 0 aliphatic heterocycles. The van der Waals surface area contributed by atoms with Crippen LogP contribution in [0.5, 0.6) is 0 Å². The zero-order chi connectivity index (χ0) is 23.5. The van der Waals surface area contributed by atoms with Gasteiger partial charge in [-0.2, -0.15) is 0 Å². The van der Waals surface area contributed by atoms with Crippen LogP contribution in [-0.2, 0) is 35.3 Å². The number of hydrogen-bond donors (Lipinski definition) is 1. The molecule has 0 unspecified atom stereocenters. The standard InChI is InChI=1S/C23H26N4O3S3/c1-5-10-27-20(16-11-31-13(3)14(16)6-2)25-26-23(27)32-12-18(28)24-21-19(22(29)30-4)15-8-7-9-17(15)33-21/h5,11H,1,6-10,12H2,2-4H3,(H,24,28). The van der Waals surface area contributed by atoms with Gasteiger partial charge < -0.3 is 10.1 Å². The second kappa shape index (κ2) is 10.2. The Morgan fingerprint density at radius 3 is 2.91 bits per heavy atom. The molecule has 3 aromatic heterocycles. The number of thioether (sulfide) groups is 1. The molecule has 10 heteroatoms. The summed E-state index contributed by atoms with van der Waals surface area (Å²) < 4.78 is 6.95. The molecule has 1 aliphatic carbocycles. The fourth-order valence-electron chi connectivity index (χ4n) is 4.10. The summed E-state index contributed by atoms with van der Waals surface area (Å²) in [6.07, 6.45) is 5.53. The van der Waals surface area contributed by atoms with Gasteiger partial charge in [0.25, 0.3) is 0 Å². The van der Waals surface area contributed by atoms with Gasteiger partial charge in [-0.25, -0.2) is 4.79 Å². The number of fused-ring (bicyclic) bond motifs is 1. The summed E-state index contributed by atoms with van der Waals surface area (Å²) in [5.41, 5.74) is 3.88. The number of carbonyl (C=O) groups is 2. The van der Waals surface area contributed by atoms with Crippen molar-refractivity contribution in [3.8, 4) is 11.4 Å². The molecular weight excluding hydrogens is 476 g/mol. The lowest BCUT2D eigenvalue weighted by atomic mass is 10.1. The van der Waals surface area contributed by atoms with E-state index in [4.69, 9.17) is 4.74 Å². The number of amides is 1. The van der Waals surface area contributed by atoms with Crippen molar-refractivity contribution in [3.63, 3.8) is 0 Å². The first-order valence-electron chi connectivity index (χ1n) is 10.7. The van der Waals surface area contributed by atoms with Crippen molar-refractivity contribution in [1.82, 2.24) is 14.8 Å². The highest BCUT2D eigenvalue weighted by Crippen LogP contribution is 2.39. The third-order valence-electron chi connectivity index (χ3n) is 5.62.